The number of benzene rings is 3. The summed E-state index contributed by atoms with van der Waals surface area (Å²) in [6, 6.07) is 28.5. The number of hydrogen-bond acceptors (Lipinski definition) is 3. The molecule has 4 rings (SSSR count). The highest BCUT2D eigenvalue weighted by Gasteiger charge is 2.36. The van der Waals surface area contributed by atoms with Crippen LogP contribution in [-0.2, 0) is 5.41 Å². The Morgan fingerprint density at radius 1 is 0.967 bits per heavy atom. The number of hydrogen-bond donors (Lipinski definition) is 2. The zero-order chi connectivity index (χ0) is 21.0. The van der Waals surface area contributed by atoms with Gasteiger partial charge < -0.3 is 15.8 Å². The minimum Gasteiger partial charge on any atom is -0.457 e. The van der Waals surface area contributed by atoms with Crippen LogP contribution in [-0.4, -0.2) is 6.17 Å². The summed E-state index contributed by atoms with van der Waals surface area (Å²) in [7, 11) is 0. The Kier molecular flexibility index (Phi) is 5.73. The van der Waals surface area contributed by atoms with Crippen LogP contribution in [0.15, 0.2) is 104 Å². The average Bonchev–Trinajstić information content (AvgIpc) is 3.15. The molecule has 3 unspecified atom stereocenters. The fourth-order valence-corrected chi connectivity index (χ4v) is 4.12. The third-order valence-electron chi connectivity index (χ3n) is 5.96. The van der Waals surface area contributed by atoms with Gasteiger partial charge in [-0.2, -0.15) is 0 Å². The third-order valence-corrected chi connectivity index (χ3v) is 5.96. The third kappa shape index (κ3) is 4.03. The van der Waals surface area contributed by atoms with Crippen molar-refractivity contribution in [3.63, 3.8) is 0 Å². The quantitative estimate of drug-likeness (QED) is 0.492. The van der Waals surface area contributed by atoms with Gasteiger partial charge in [-0.05, 0) is 35.8 Å². The minimum absolute atomic E-state index is 0.119. The lowest BCUT2D eigenvalue weighted by Crippen LogP contribution is -2.39. The van der Waals surface area contributed by atoms with Gasteiger partial charge in [0.25, 0.3) is 0 Å². The fourth-order valence-electron chi connectivity index (χ4n) is 4.12. The predicted molar refractivity (Wildman–Crippen MR) is 124 cm³/mol. The minimum atomic E-state index is -0.191. The van der Waals surface area contributed by atoms with Crippen molar-refractivity contribution in [2.75, 3.05) is 0 Å². The summed E-state index contributed by atoms with van der Waals surface area (Å²) >= 11 is 0. The number of nitrogens with one attached hydrogen (secondary N) is 1. The highest BCUT2D eigenvalue weighted by atomic mass is 16.5. The fraction of sp³-hybridized carbons (Fsp3) is 0.185. The van der Waals surface area contributed by atoms with Crippen LogP contribution in [0.5, 0.6) is 11.5 Å². The van der Waals surface area contributed by atoms with Crippen LogP contribution in [0.2, 0.25) is 0 Å². The molecule has 3 atom stereocenters. The molecule has 0 fully saturated rings. The molecule has 30 heavy (non-hydrogen) atoms. The largest absolute Gasteiger partial charge is 0.457 e. The van der Waals surface area contributed by atoms with E-state index >= 15 is 0 Å². The van der Waals surface area contributed by atoms with Crippen LogP contribution in [0.3, 0.4) is 0 Å². The number of rotatable bonds is 7. The first-order chi connectivity index (χ1) is 14.6. The van der Waals surface area contributed by atoms with Crippen LogP contribution < -0.4 is 15.8 Å². The van der Waals surface area contributed by atoms with Crippen LogP contribution in [0.25, 0.3) is 5.57 Å². The topological polar surface area (TPSA) is 47.3 Å². The maximum atomic E-state index is 6.51. The lowest BCUT2D eigenvalue weighted by Gasteiger charge is -2.32. The van der Waals surface area contributed by atoms with Crippen molar-refractivity contribution in [3.8, 4) is 11.5 Å². The van der Waals surface area contributed by atoms with E-state index < -0.39 is 0 Å². The molecule has 1 aliphatic rings. The smallest absolute Gasteiger partial charge is 0.134 e. The Labute approximate surface area is 178 Å². The molecule has 3 aromatic rings. The summed E-state index contributed by atoms with van der Waals surface area (Å²) in [5.41, 5.74) is 9.79. The van der Waals surface area contributed by atoms with Crippen molar-refractivity contribution < 1.29 is 4.74 Å². The number of ether oxygens (including phenoxy) is 1. The molecule has 0 aliphatic carbocycles. The Morgan fingerprint density at radius 3 is 2.30 bits per heavy atom. The molecule has 0 bridgehead atoms. The van der Waals surface area contributed by atoms with Crippen LogP contribution in [0.4, 0.5) is 0 Å². The summed E-state index contributed by atoms with van der Waals surface area (Å²) in [6.07, 6.45) is 4.77. The summed E-state index contributed by atoms with van der Waals surface area (Å²) in [5.74, 6) is 1.77. The second-order valence-electron chi connectivity index (χ2n) is 8.00. The van der Waals surface area contributed by atoms with Crippen LogP contribution in [0, 0.1) is 5.92 Å². The van der Waals surface area contributed by atoms with Gasteiger partial charge in [-0.25, -0.2) is 0 Å². The van der Waals surface area contributed by atoms with Gasteiger partial charge in [0.1, 0.15) is 11.5 Å². The van der Waals surface area contributed by atoms with E-state index in [0.29, 0.717) is 0 Å². The molecule has 0 aromatic heterocycles. The Balaban J connectivity index is 1.66. The van der Waals surface area contributed by atoms with Crippen molar-refractivity contribution in [2.45, 2.75) is 24.9 Å². The molecule has 1 aliphatic heterocycles. The molecule has 0 amide bonds. The number of para-hydroxylation sites is 2. The predicted octanol–water partition coefficient (Wildman–Crippen LogP) is 5.86. The lowest BCUT2D eigenvalue weighted by molar-refractivity contribution is 0.396. The lowest BCUT2D eigenvalue weighted by atomic mass is 9.72. The normalized spacial score (nSPS) is 20.0. The maximum absolute atomic E-state index is 6.51. The van der Waals surface area contributed by atoms with Crippen molar-refractivity contribution in [2.24, 2.45) is 11.7 Å². The molecule has 0 saturated heterocycles. The highest BCUT2D eigenvalue weighted by molar-refractivity contribution is 5.74. The first-order valence-electron chi connectivity index (χ1n) is 10.3. The monoisotopic (exact) mass is 396 g/mol. The van der Waals surface area contributed by atoms with Crippen molar-refractivity contribution in [1.82, 2.24) is 5.32 Å². The molecule has 152 valence electrons. The molecule has 3 N–H and O–H groups in total. The van der Waals surface area contributed by atoms with Gasteiger partial charge in [0.05, 0.1) is 6.17 Å². The van der Waals surface area contributed by atoms with Gasteiger partial charge >= 0.3 is 0 Å². The summed E-state index contributed by atoms with van der Waals surface area (Å²) < 4.78 is 6.22. The van der Waals surface area contributed by atoms with E-state index in [-0.39, 0.29) is 17.5 Å². The van der Waals surface area contributed by atoms with Gasteiger partial charge in [-0.3, -0.25) is 0 Å². The Hall–Kier alpha value is -3.30. The van der Waals surface area contributed by atoms with Gasteiger partial charge in [0, 0.05) is 23.1 Å². The average molecular weight is 397 g/mol. The van der Waals surface area contributed by atoms with Crippen LogP contribution in [0.1, 0.15) is 24.5 Å². The van der Waals surface area contributed by atoms with Gasteiger partial charge in [0.15, 0.2) is 0 Å². The zero-order valence-electron chi connectivity index (χ0n) is 17.3. The van der Waals surface area contributed by atoms with E-state index in [1.165, 1.54) is 5.56 Å². The van der Waals surface area contributed by atoms with Crippen molar-refractivity contribution in [1.29, 1.82) is 0 Å². The van der Waals surface area contributed by atoms with Gasteiger partial charge in [0.2, 0.25) is 0 Å². The number of nitrogens with two attached hydrogens (primary N) is 1. The second-order valence-corrected chi connectivity index (χ2v) is 8.00. The first-order valence-corrected chi connectivity index (χ1v) is 10.3. The maximum Gasteiger partial charge on any atom is 0.134 e. The molecular weight excluding hydrogens is 368 g/mol. The molecular formula is C27H28N2O. The van der Waals surface area contributed by atoms with Gasteiger partial charge in [-0.1, -0.05) is 79.7 Å². The van der Waals surface area contributed by atoms with E-state index in [0.717, 1.165) is 29.1 Å². The second kappa shape index (κ2) is 8.60. The van der Waals surface area contributed by atoms with Gasteiger partial charge in [-0.15, -0.1) is 6.58 Å². The summed E-state index contributed by atoms with van der Waals surface area (Å²) in [6.45, 7) is 6.37. The van der Waals surface area contributed by atoms with Crippen LogP contribution >= 0.6 is 0 Å². The molecule has 0 saturated carbocycles. The molecule has 0 spiro atoms. The molecule has 1 heterocycles. The highest BCUT2D eigenvalue weighted by Crippen LogP contribution is 2.43. The Morgan fingerprint density at radius 2 is 1.60 bits per heavy atom. The molecule has 0 radical (unpaired) electrons. The Bertz CT molecular complexity index is 1030. The first kappa shape index (κ1) is 20.0. The SMILES string of the molecule is C=CC(C)(CC1C(c2ccccc2Oc2ccccc2)=CNC1N)c1ccccc1. The number of allylic oxidation sites excluding steroid dienone is 1. The van der Waals surface area contributed by atoms with Crippen molar-refractivity contribution >= 4 is 5.57 Å². The van der Waals surface area contributed by atoms with E-state index in [1.807, 2.05) is 66.9 Å². The van der Waals surface area contributed by atoms with E-state index in [1.54, 1.807) is 0 Å². The standard InChI is InChI=1S/C27H28N2O/c1-3-27(2,20-12-6-4-7-13-20)18-23-24(19-29-26(23)28)22-16-10-11-17-25(22)30-21-14-8-5-9-15-21/h3-17,19,23,26,29H,1,18,28H2,2H3. The molecule has 3 nitrogen and oxygen atoms in total. The summed E-state index contributed by atoms with van der Waals surface area (Å²) in [5, 5.41) is 3.33. The zero-order valence-corrected chi connectivity index (χ0v) is 17.3. The van der Waals surface area contributed by atoms with E-state index in [4.69, 9.17) is 10.5 Å². The van der Waals surface area contributed by atoms with E-state index in [9.17, 15) is 0 Å². The van der Waals surface area contributed by atoms with E-state index in [2.05, 4.69) is 49.2 Å². The molecule has 3 heteroatoms. The summed E-state index contributed by atoms with van der Waals surface area (Å²) in [4.78, 5) is 0. The molecule has 3 aromatic carbocycles. The van der Waals surface area contributed by atoms with Crippen molar-refractivity contribution in [3.05, 3.63) is 115 Å².